The molecule has 0 saturated carbocycles. The summed E-state index contributed by atoms with van der Waals surface area (Å²) >= 11 is 0. The number of hydrogen-bond acceptors (Lipinski definition) is 4. The topological polar surface area (TPSA) is 61.9 Å². The van der Waals surface area contributed by atoms with Crippen molar-refractivity contribution < 1.29 is 14.3 Å². The second-order valence-corrected chi connectivity index (χ2v) is 6.57. The maximum atomic E-state index is 12.8. The van der Waals surface area contributed by atoms with E-state index in [0.29, 0.717) is 32.7 Å². The number of hydrogen-bond donors (Lipinski definition) is 1. The van der Waals surface area contributed by atoms with E-state index in [1.807, 2.05) is 24.3 Å². The molecule has 2 amide bonds. The van der Waals surface area contributed by atoms with Crippen molar-refractivity contribution in [3.05, 3.63) is 36.9 Å². The molecule has 0 aliphatic carbocycles. The highest BCUT2D eigenvalue weighted by molar-refractivity contribution is 6.04. The summed E-state index contributed by atoms with van der Waals surface area (Å²) in [6.07, 6.45) is 1.60. The summed E-state index contributed by atoms with van der Waals surface area (Å²) in [5.41, 5.74) is -0.0598. The first kappa shape index (κ1) is 18.8. The van der Waals surface area contributed by atoms with Crippen molar-refractivity contribution in [3.63, 3.8) is 0 Å². The fourth-order valence-electron chi connectivity index (χ4n) is 2.92. The molecule has 2 rings (SSSR count). The number of rotatable bonds is 6. The maximum absolute atomic E-state index is 12.8. The number of amides is 2. The minimum atomic E-state index is -1.09. The molecule has 6 heteroatoms. The lowest BCUT2D eigenvalue weighted by molar-refractivity contribution is -0.148. The number of methoxy groups -OCH3 is 1. The Bertz CT molecular complexity index is 635. The minimum absolute atomic E-state index is 0.145. The van der Waals surface area contributed by atoms with Crippen molar-refractivity contribution in [2.45, 2.75) is 13.8 Å². The van der Waals surface area contributed by atoms with Gasteiger partial charge < -0.3 is 19.9 Å². The molecule has 0 spiro atoms. The summed E-state index contributed by atoms with van der Waals surface area (Å²) in [6.45, 7) is 9.83. The monoisotopic (exact) mass is 345 g/mol. The van der Waals surface area contributed by atoms with E-state index >= 15 is 0 Å². The van der Waals surface area contributed by atoms with Crippen LogP contribution in [0.4, 0.5) is 5.69 Å². The molecular weight excluding hydrogens is 318 g/mol. The van der Waals surface area contributed by atoms with Gasteiger partial charge in [0.2, 0.25) is 11.8 Å². The molecule has 0 aromatic heterocycles. The third-order valence-corrected chi connectivity index (χ3v) is 4.50. The number of nitrogens with zero attached hydrogens (tertiary/aromatic N) is 2. The van der Waals surface area contributed by atoms with Crippen molar-refractivity contribution >= 4 is 17.5 Å². The van der Waals surface area contributed by atoms with Crippen LogP contribution in [0.25, 0.3) is 0 Å². The Kier molecular flexibility index (Phi) is 6.07. The van der Waals surface area contributed by atoms with E-state index in [4.69, 9.17) is 4.74 Å². The number of carbonyl (C=O) groups excluding carboxylic acids is 2. The van der Waals surface area contributed by atoms with Crippen molar-refractivity contribution in [3.8, 4) is 5.75 Å². The molecule has 1 aliphatic heterocycles. The lowest BCUT2D eigenvalue weighted by atomic mass is 9.90. The number of piperazine rings is 1. The largest absolute Gasteiger partial charge is 0.495 e. The standard InChI is InChI=1S/C19H27N3O3/c1-5-10-20-17(23)19(2,3)18(24)22-13-11-21(12-14-22)15-8-6-7-9-16(15)25-4/h5-9H,1,10-14H2,2-4H3,(H,20,23). The van der Waals surface area contributed by atoms with Gasteiger partial charge in [-0.15, -0.1) is 6.58 Å². The van der Waals surface area contributed by atoms with Crippen molar-refractivity contribution in [1.82, 2.24) is 10.2 Å². The zero-order chi connectivity index (χ0) is 18.4. The van der Waals surface area contributed by atoms with Gasteiger partial charge >= 0.3 is 0 Å². The van der Waals surface area contributed by atoms with E-state index in [-0.39, 0.29) is 11.8 Å². The van der Waals surface area contributed by atoms with Crippen LogP contribution >= 0.6 is 0 Å². The fourth-order valence-corrected chi connectivity index (χ4v) is 2.92. The molecule has 1 heterocycles. The van der Waals surface area contributed by atoms with Crippen LogP contribution in [0.15, 0.2) is 36.9 Å². The van der Waals surface area contributed by atoms with E-state index in [2.05, 4.69) is 16.8 Å². The van der Waals surface area contributed by atoms with Gasteiger partial charge in [-0.3, -0.25) is 9.59 Å². The highest BCUT2D eigenvalue weighted by atomic mass is 16.5. The summed E-state index contributed by atoms with van der Waals surface area (Å²) in [6, 6.07) is 7.86. The molecule has 1 saturated heterocycles. The van der Waals surface area contributed by atoms with E-state index in [9.17, 15) is 9.59 Å². The van der Waals surface area contributed by atoms with E-state index in [1.54, 1.807) is 31.9 Å². The van der Waals surface area contributed by atoms with Gasteiger partial charge in [-0.25, -0.2) is 0 Å². The first-order chi connectivity index (χ1) is 11.9. The van der Waals surface area contributed by atoms with Gasteiger partial charge in [-0.1, -0.05) is 18.2 Å². The first-order valence-electron chi connectivity index (χ1n) is 8.48. The van der Waals surface area contributed by atoms with Crippen LogP contribution in [-0.4, -0.2) is 56.5 Å². The van der Waals surface area contributed by atoms with Gasteiger partial charge in [0, 0.05) is 32.7 Å². The first-order valence-corrected chi connectivity index (χ1v) is 8.48. The normalized spacial score (nSPS) is 14.8. The van der Waals surface area contributed by atoms with E-state index < -0.39 is 5.41 Å². The quantitative estimate of drug-likeness (QED) is 0.629. The Balaban J connectivity index is 2.00. The smallest absolute Gasteiger partial charge is 0.237 e. The van der Waals surface area contributed by atoms with Gasteiger partial charge in [0.25, 0.3) is 0 Å². The van der Waals surface area contributed by atoms with E-state index in [1.165, 1.54) is 0 Å². The van der Waals surface area contributed by atoms with Crippen LogP contribution in [0.2, 0.25) is 0 Å². The number of anilines is 1. The molecule has 0 bridgehead atoms. The molecule has 1 aromatic rings. The molecule has 1 N–H and O–H groups in total. The molecule has 25 heavy (non-hydrogen) atoms. The van der Waals surface area contributed by atoms with Crippen LogP contribution in [0.3, 0.4) is 0 Å². The highest BCUT2D eigenvalue weighted by Gasteiger charge is 2.39. The summed E-state index contributed by atoms with van der Waals surface area (Å²) in [5.74, 6) is 0.407. The second-order valence-electron chi connectivity index (χ2n) is 6.57. The highest BCUT2D eigenvalue weighted by Crippen LogP contribution is 2.29. The number of ether oxygens (including phenoxy) is 1. The predicted molar refractivity (Wildman–Crippen MR) is 98.8 cm³/mol. The van der Waals surface area contributed by atoms with Crippen molar-refractivity contribution in [1.29, 1.82) is 0 Å². The summed E-state index contributed by atoms with van der Waals surface area (Å²) < 4.78 is 5.41. The molecular formula is C19H27N3O3. The van der Waals surface area contributed by atoms with Crippen LogP contribution < -0.4 is 15.0 Å². The number of benzene rings is 1. The second kappa shape index (κ2) is 8.05. The third kappa shape index (κ3) is 4.13. The molecule has 1 aliphatic rings. The lowest BCUT2D eigenvalue weighted by Crippen LogP contribution is -2.55. The van der Waals surface area contributed by atoms with Crippen LogP contribution in [-0.2, 0) is 9.59 Å². The van der Waals surface area contributed by atoms with Gasteiger partial charge in [0.05, 0.1) is 12.8 Å². The van der Waals surface area contributed by atoms with Gasteiger partial charge in [-0.2, -0.15) is 0 Å². The molecule has 1 aromatic carbocycles. The van der Waals surface area contributed by atoms with Crippen LogP contribution in [0, 0.1) is 5.41 Å². The number of carbonyl (C=O) groups is 2. The number of nitrogens with one attached hydrogen (secondary N) is 1. The van der Waals surface area contributed by atoms with Gasteiger partial charge in [0.1, 0.15) is 11.2 Å². The molecule has 0 atom stereocenters. The average Bonchev–Trinajstić information content (AvgIpc) is 2.65. The maximum Gasteiger partial charge on any atom is 0.237 e. The molecule has 0 radical (unpaired) electrons. The number of para-hydroxylation sites is 2. The van der Waals surface area contributed by atoms with Crippen LogP contribution in [0.1, 0.15) is 13.8 Å². The Morgan fingerprint density at radius 2 is 1.88 bits per heavy atom. The lowest BCUT2D eigenvalue weighted by Gasteiger charge is -2.39. The zero-order valence-electron chi connectivity index (χ0n) is 15.2. The third-order valence-electron chi connectivity index (χ3n) is 4.50. The van der Waals surface area contributed by atoms with Crippen LogP contribution in [0.5, 0.6) is 5.75 Å². The molecule has 0 unspecified atom stereocenters. The molecule has 6 nitrogen and oxygen atoms in total. The molecule has 136 valence electrons. The van der Waals surface area contributed by atoms with Gasteiger partial charge in [0.15, 0.2) is 0 Å². The molecule has 1 fully saturated rings. The minimum Gasteiger partial charge on any atom is -0.495 e. The SMILES string of the molecule is C=CCNC(=O)C(C)(C)C(=O)N1CCN(c2ccccc2OC)CC1. The Morgan fingerprint density at radius 1 is 1.24 bits per heavy atom. The Hall–Kier alpha value is -2.50. The van der Waals surface area contributed by atoms with Gasteiger partial charge in [-0.05, 0) is 26.0 Å². The zero-order valence-corrected chi connectivity index (χ0v) is 15.2. The fraction of sp³-hybridized carbons (Fsp3) is 0.474. The van der Waals surface area contributed by atoms with Crippen molar-refractivity contribution in [2.24, 2.45) is 5.41 Å². The Labute approximate surface area is 149 Å². The predicted octanol–water partition coefficient (Wildman–Crippen LogP) is 1.67. The van der Waals surface area contributed by atoms with E-state index in [0.717, 1.165) is 11.4 Å². The Morgan fingerprint density at radius 3 is 2.48 bits per heavy atom. The average molecular weight is 345 g/mol. The summed E-state index contributed by atoms with van der Waals surface area (Å²) in [4.78, 5) is 29.0. The summed E-state index contributed by atoms with van der Waals surface area (Å²) in [5, 5.41) is 2.71. The summed E-state index contributed by atoms with van der Waals surface area (Å²) in [7, 11) is 1.66. The van der Waals surface area contributed by atoms with Crippen molar-refractivity contribution in [2.75, 3.05) is 44.7 Å².